The van der Waals surface area contributed by atoms with Crippen LogP contribution >= 0.6 is 0 Å². The fourth-order valence-corrected chi connectivity index (χ4v) is 1.05. The van der Waals surface area contributed by atoms with Gasteiger partial charge in [0.05, 0.1) is 14.2 Å². The van der Waals surface area contributed by atoms with Gasteiger partial charge in [-0.15, -0.1) is 0 Å². The Kier molecular flexibility index (Phi) is 3.75. The van der Waals surface area contributed by atoms with Crippen LogP contribution in [-0.4, -0.2) is 25.8 Å². The SMILES string of the molecule is COc1cccc(OC)c1N=CNO. The Labute approximate surface area is 81.9 Å². The van der Waals surface area contributed by atoms with E-state index in [-0.39, 0.29) is 0 Å². The summed E-state index contributed by atoms with van der Waals surface area (Å²) in [6.45, 7) is 0. The second-order valence-corrected chi connectivity index (χ2v) is 2.40. The molecule has 1 aromatic rings. The maximum atomic E-state index is 8.37. The Bertz CT molecular complexity index is 304. The number of rotatable bonds is 4. The van der Waals surface area contributed by atoms with E-state index in [9.17, 15) is 0 Å². The minimum absolute atomic E-state index is 0.527. The summed E-state index contributed by atoms with van der Waals surface area (Å²) in [6, 6.07) is 5.31. The first kappa shape index (κ1) is 10.3. The van der Waals surface area contributed by atoms with Gasteiger partial charge in [0.25, 0.3) is 0 Å². The molecule has 0 aliphatic carbocycles. The van der Waals surface area contributed by atoms with Crippen LogP contribution < -0.4 is 15.0 Å². The van der Waals surface area contributed by atoms with Gasteiger partial charge in [0.1, 0.15) is 23.5 Å². The minimum atomic E-state index is 0.527. The van der Waals surface area contributed by atoms with E-state index in [4.69, 9.17) is 14.7 Å². The standard InChI is InChI=1S/C9H12N2O3/c1-13-7-4-3-5-8(14-2)9(7)10-6-11-12/h3-6,12H,1-2H3,(H,10,11). The number of para-hydroxylation sites is 1. The van der Waals surface area contributed by atoms with Crippen LogP contribution in [0, 0.1) is 0 Å². The van der Waals surface area contributed by atoms with Crippen LogP contribution in [0.1, 0.15) is 0 Å². The molecule has 0 saturated heterocycles. The summed E-state index contributed by atoms with van der Waals surface area (Å²) < 4.78 is 10.2. The predicted molar refractivity (Wildman–Crippen MR) is 52.6 cm³/mol. The number of hydrogen-bond acceptors (Lipinski definition) is 4. The summed E-state index contributed by atoms with van der Waals surface area (Å²) in [5.41, 5.74) is 2.34. The quantitative estimate of drug-likeness (QED) is 0.433. The molecule has 14 heavy (non-hydrogen) atoms. The van der Waals surface area contributed by atoms with Gasteiger partial charge in [-0.25, -0.2) is 4.99 Å². The van der Waals surface area contributed by atoms with Gasteiger partial charge in [-0.05, 0) is 12.1 Å². The smallest absolute Gasteiger partial charge is 0.149 e. The average molecular weight is 196 g/mol. The maximum Gasteiger partial charge on any atom is 0.149 e. The highest BCUT2D eigenvalue weighted by Crippen LogP contribution is 2.36. The molecule has 2 N–H and O–H groups in total. The molecule has 0 heterocycles. The molecule has 76 valence electrons. The highest BCUT2D eigenvalue weighted by atomic mass is 16.5. The molecule has 5 heteroatoms. The summed E-state index contributed by atoms with van der Waals surface area (Å²) in [7, 11) is 3.08. The number of hydrogen-bond donors (Lipinski definition) is 2. The van der Waals surface area contributed by atoms with E-state index in [2.05, 4.69) is 4.99 Å². The molecule has 0 fully saturated rings. The van der Waals surface area contributed by atoms with Gasteiger partial charge in [0.15, 0.2) is 0 Å². The molecule has 0 aliphatic rings. The van der Waals surface area contributed by atoms with Gasteiger partial charge in [-0.1, -0.05) is 6.07 Å². The van der Waals surface area contributed by atoms with Crippen LogP contribution in [0.4, 0.5) is 5.69 Å². The third-order valence-electron chi connectivity index (χ3n) is 1.65. The number of methoxy groups -OCH3 is 2. The van der Waals surface area contributed by atoms with Crippen LogP contribution in [0.3, 0.4) is 0 Å². The largest absolute Gasteiger partial charge is 0.494 e. The van der Waals surface area contributed by atoms with Crippen molar-refractivity contribution in [3.8, 4) is 11.5 Å². The van der Waals surface area contributed by atoms with E-state index in [1.807, 2.05) is 5.48 Å². The summed E-state index contributed by atoms with van der Waals surface area (Å²) >= 11 is 0. The van der Waals surface area contributed by atoms with Crippen molar-refractivity contribution in [2.24, 2.45) is 4.99 Å². The lowest BCUT2D eigenvalue weighted by Gasteiger charge is -2.08. The van der Waals surface area contributed by atoms with E-state index in [1.165, 1.54) is 0 Å². The molecule has 1 rings (SSSR count). The van der Waals surface area contributed by atoms with Crippen molar-refractivity contribution in [3.63, 3.8) is 0 Å². The predicted octanol–water partition coefficient (Wildman–Crippen LogP) is 1.34. The second-order valence-electron chi connectivity index (χ2n) is 2.40. The summed E-state index contributed by atoms with van der Waals surface area (Å²) in [6.07, 6.45) is 1.14. The number of nitrogens with zero attached hydrogens (tertiary/aromatic N) is 1. The highest BCUT2D eigenvalue weighted by molar-refractivity contribution is 5.69. The van der Waals surface area contributed by atoms with Crippen molar-refractivity contribution in [1.82, 2.24) is 5.48 Å². The van der Waals surface area contributed by atoms with E-state index >= 15 is 0 Å². The Morgan fingerprint density at radius 3 is 2.29 bits per heavy atom. The molecule has 5 nitrogen and oxygen atoms in total. The van der Waals surface area contributed by atoms with Crippen LogP contribution in [-0.2, 0) is 0 Å². The molecular weight excluding hydrogens is 184 g/mol. The number of nitrogens with one attached hydrogen (secondary N) is 1. The highest BCUT2D eigenvalue weighted by Gasteiger charge is 2.06. The van der Waals surface area contributed by atoms with E-state index in [0.29, 0.717) is 17.2 Å². The molecule has 0 unspecified atom stereocenters. The topological polar surface area (TPSA) is 63.1 Å². The first-order valence-corrected chi connectivity index (χ1v) is 3.96. The van der Waals surface area contributed by atoms with Gasteiger partial charge in [-0.3, -0.25) is 10.7 Å². The normalized spacial score (nSPS) is 10.2. The molecule has 1 aromatic carbocycles. The Morgan fingerprint density at radius 1 is 1.29 bits per heavy atom. The fraction of sp³-hybridized carbons (Fsp3) is 0.222. The first-order chi connectivity index (χ1) is 6.83. The average Bonchev–Trinajstić information content (AvgIpc) is 2.25. The van der Waals surface area contributed by atoms with Crippen molar-refractivity contribution in [2.75, 3.05) is 14.2 Å². The Morgan fingerprint density at radius 2 is 1.86 bits per heavy atom. The van der Waals surface area contributed by atoms with Gasteiger partial charge in [-0.2, -0.15) is 0 Å². The van der Waals surface area contributed by atoms with Crippen LogP contribution in [0.15, 0.2) is 23.2 Å². The van der Waals surface area contributed by atoms with E-state index < -0.39 is 0 Å². The lowest BCUT2D eigenvalue weighted by Crippen LogP contribution is -2.01. The van der Waals surface area contributed by atoms with E-state index in [1.54, 1.807) is 32.4 Å². The van der Waals surface area contributed by atoms with Crippen LogP contribution in [0.25, 0.3) is 0 Å². The number of aliphatic imine (C=N–C) groups is 1. The van der Waals surface area contributed by atoms with Gasteiger partial charge < -0.3 is 9.47 Å². The third-order valence-corrected chi connectivity index (χ3v) is 1.65. The summed E-state index contributed by atoms with van der Waals surface area (Å²) in [5.74, 6) is 1.16. The van der Waals surface area contributed by atoms with Gasteiger partial charge in [0.2, 0.25) is 0 Å². The zero-order chi connectivity index (χ0) is 10.4. The molecule has 0 spiro atoms. The summed E-state index contributed by atoms with van der Waals surface area (Å²) in [4.78, 5) is 3.93. The van der Waals surface area contributed by atoms with Crippen LogP contribution in [0.2, 0.25) is 0 Å². The van der Waals surface area contributed by atoms with Crippen molar-refractivity contribution in [2.45, 2.75) is 0 Å². The number of benzene rings is 1. The molecule has 0 bridgehead atoms. The molecule has 0 radical (unpaired) electrons. The molecule has 0 atom stereocenters. The zero-order valence-corrected chi connectivity index (χ0v) is 8.02. The first-order valence-electron chi connectivity index (χ1n) is 3.96. The Balaban J connectivity index is 3.12. The molecule has 0 aromatic heterocycles. The van der Waals surface area contributed by atoms with Crippen LogP contribution in [0.5, 0.6) is 11.5 Å². The van der Waals surface area contributed by atoms with Gasteiger partial charge >= 0.3 is 0 Å². The maximum absolute atomic E-state index is 8.37. The number of hydroxylamine groups is 1. The lowest BCUT2D eigenvalue weighted by atomic mass is 10.2. The zero-order valence-electron chi connectivity index (χ0n) is 8.02. The van der Waals surface area contributed by atoms with Crippen molar-refractivity contribution >= 4 is 12.0 Å². The molecule has 0 aliphatic heterocycles. The second kappa shape index (κ2) is 5.08. The summed E-state index contributed by atoms with van der Waals surface area (Å²) in [5, 5.41) is 8.37. The number of ether oxygens (including phenoxy) is 2. The molecular formula is C9H12N2O3. The van der Waals surface area contributed by atoms with Gasteiger partial charge in [0, 0.05) is 0 Å². The van der Waals surface area contributed by atoms with Crippen molar-refractivity contribution in [3.05, 3.63) is 18.2 Å². The van der Waals surface area contributed by atoms with Crippen molar-refractivity contribution in [1.29, 1.82) is 0 Å². The van der Waals surface area contributed by atoms with E-state index in [0.717, 1.165) is 6.34 Å². The minimum Gasteiger partial charge on any atom is -0.494 e. The molecule has 0 saturated carbocycles. The van der Waals surface area contributed by atoms with Crippen molar-refractivity contribution < 1.29 is 14.7 Å². The Hall–Kier alpha value is -1.75. The molecule has 0 amide bonds. The fourth-order valence-electron chi connectivity index (χ4n) is 1.05. The monoisotopic (exact) mass is 196 g/mol. The lowest BCUT2D eigenvalue weighted by molar-refractivity contribution is 0.240. The third kappa shape index (κ3) is 2.14.